The van der Waals surface area contributed by atoms with E-state index in [9.17, 15) is 9.59 Å². The lowest BCUT2D eigenvalue weighted by Crippen LogP contribution is -2.54. The minimum atomic E-state index is -0.0276. The van der Waals surface area contributed by atoms with Crippen molar-refractivity contribution in [3.63, 3.8) is 0 Å². The Bertz CT molecular complexity index is 554. The Morgan fingerprint density at radius 3 is 2.28 bits per heavy atom. The molecule has 138 valence electrons. The molecular formula is C19H30N4O2. The van der Waals surface area contributed by atoms with Crippen LogP contribution in [0.2, 0.25) is 0 Å². The summed E-state index contributed by atoms with van der Waals surface area (Å²) >= 11 is 0. The fraction of sp³-hybridized carbons (Fsp3) is 0.579. The summed E-state index contributed by atoms with van der Waals surface area (Å²) < 4.78 is 0. The van der Waals surface area contributed by atoms with Crippen LogP contribution in [0.25, 0.3) is 0 Å². The minimum Gasteiger partial charge on any atom is -0.355 e. The number of nitrogens with one attached hydrogen (secondary N) is 2. The van der Waals surface area contributed by atoms with Crippen molar-refractivity contribution >= 4 is 11.9 Å². The van der Waals surface area contributed by atoms with Crippen LogP contribution < -0.4 is 10.6 Å². The Labute approximate surface area is 150 Å². The molecule has 0 saturated carbocycles. The molecule has 1 unspecified atom stereocenters. The van der Waals surface area contributed by atoms with Crippen molar-refractivity contribution in [1.29, 1.82) is 0 Å². The molecule has 0 aliphatic carbocycles. The predicted molar refractivity (Wildman–Crippen MR) is 99.2 cm³/mol. The molecule has 0 bridgehead atoms. The van der Waals surface area contributed by atoms with Crippen molar-refractivity contribution in [2.45, 2.75) is 26.8 Å². The molecule has 6 heteroatoms. The van der Waals surface area contributed by atoms with E-state index in [0.717, 1.165) is 18.7 Å². The molecule has 1 heterocycles. The van der Waals surface area contributed by atoms with Gasteiger partial charge < -0.3 is 15.5 Å². The molecule has 1 fully saturated rings. The third-order valence-electron chi connectivity index (χ3n) is 4.50. The van der Waals surface area contributed by atoms with Crippen molar-refractivity contribution < 1.29 is 9.59 Å². The summed E-state index contributed by atoms with van der Waals surface area (Å²) in [4.78, 5) is 28.2. The lowest BCUT2D eigenvalue weighted by atomic mass is 9.96. The monoisotopic (exact) mass is 346 g/mol. The number of rotatable bonds is 6. The summed E-state index contributed by atoms with van der Waals surface area (Å²) in [6.45, 7) is 9.93. The maximum Gasteiger partial charge on any atom is 0.317 e. The fourth-order valence-electron chi connectivity index (χ4n) is 3.08. The summed E-state index contributed by atoms with van der Waals surface area (Å²) in [5.41, 5.74) is 1.13. The van der Waals surface area contributed by atoms with Gasteiger partial charge in [-0.3, -0.25) is 9.69 Å². The molecule has 1 saturated heterocycles. The highest BCUT2D eigenvalue weighted by Crippen LogP contribution is 2.21. The van der Waals surface area contributed by atoms with Gasteiger partial charge >= 0.3 is 6.03 Å². The van der Waals surface area contributed by atoms with Gasteiger partial charge in [0.25, 0.3) is 0 Å². The van der Waals surface area contributed by atoms with Gasteiger partial charge in [-0.2, -0.15) is 0 Å². The van der Waals surface area contributed by atoms with Crippen molar-refractivity contribution in [3.05, 3.63) is 35.9 Å². The second kappa shape index (κ2) is 9.42. The van der Waals surface area contributed by atoms with Gasteiger partial charge in [0, 0.05) is 32.7 Å². The van der Waals surface area contributed by atoms with Crippen molar-refractivity contribution in [2.24, 2.45) is 5.92 Å². The maximum atomic E-state index is 12.6. The lowest BCUT2D eigenvalue weighted by Gasteiger charge is -2.35. The second-order valence-electron chi connectivity index (χ2n) is 6.80. The minimum absolute atomic E-state index is 0.00191. The molecule has 25 heavy (non-hydrogen) atoms. The smallest absolute Gasteiger partial charge is 0.317 e. The SMILES string of the molecule is CCNC(=O)CN1CCN(C(=O)NC(c2ccccc2)C(C)C)CC1. The van der Waals surface area contributed by atoms with Crippen LogP contribution in [0.3, 0.4) is 0 Å². The predicted octanol–water partition coefficient (Wildman–Crippen LogP) is 1.85. The Kier molecular flexibility index (Phi) is 7.25. The molecule has 2 N–H and O–H groups in total. The average Bonchev–Trinajstić information content (AvgIpc) is 2.60. The number of nitrogens with zero attached hydrogens (tertiary/aromatic N) is 2. The Morgan fingerprint density at radius 1 is 1.08 bits per heavy atom. The molecule has 1 aliphatic rings. The van der Waals surface area contributed by atoms with Crippen LogP contribution in [-0.4, -0.2) is 61.0 Å². The number of hydrogen-bond acceptors (Lipinski definition) is 3. The molecule has 1 aromatic rings. The molecule has 0 aromatic heterocycles. The van der Waals surface area contributed by atoms with Gasteiger partial charge in [0.1, 0.15) is 0 Å². The van der Waals surface area contributed by atoms with Gasteiger partial charge in [-0.1, -0.05) is 44.2 Å². The first-order chi connectivity index (χ1) is 12.0. The fourth-order valence-corrected chi connectivity index (χ4v) is 3.08. The zero-order valence-corrected chi connectivity index (χ0v) is 15.5. The number of carbonyl (C=O) groups is 2. The van der Waals surface area contributed by atoms with Gasteiger partial charge in [-0.25, -0.2) is 4.79 Å². The summed E-state index contributed by atoms with van der Waals surface area (Å²) in [5, 5.41) is 5.98. The maximum absolute atomic E-state index is 12.6. The van der Waals surface area contributed by atoms with E-state index in [1.807, 2.05) is 30.0 Å². The normalized spacial score (nSPS) is 16.6. The van der Waals surface area contributed by atoms with Crippen LogP contribution in [0.15, 0.2) is 30.3 Å². The second-order valence-corrected chi connectivity index (χ2v) is 6.80. The summed E-state index contributed by atoms with van der Waals surface area (Å²) in [7, 11) is 0. The highest BCUT2D eigenvalue weighted by Gasteiger charge is 2.25. The van der Waals surface area contributed by atoms with Crippen LogP contribution in [-0.2, 0) is 4.79 Å². The highest BCUT2D eigenvalue weighted by molar-refractivity contribution is 5.78. The molecule has 1 aromatic carbocycles. The number of likely N-dealkylation sites (N-methyl/N-ethyl adjacent to an activating group) is 1. The molecule has 1 atom stereocenters. The van der Waals surface area contributed by atoms with Crippen molar-refractivity contribution in [3.8, 4) is 0 Å². The number of hydrogen-bond donors (Lipinski definition) is 2. The molecule has 6 nitrogen and oxygen atoms in total. The van der Waals surface area contributed by atoms with E-state index in [-0.39, 0.29) is 18.0 Å². The molecule has 0 spiro atoms. The van der Waals surface area contributed by atoms with Crippen molar-refractivity contribution in [1.82, 2.24) is 20.4 Å². The van der Waals surface area contributed by atoms with Crippen LogP contribution in [0.5, 0.6) is 0 Å². The molecule has 2 rings (SSSR count). The third kappa shape index (κ3) is 5.74. The van der Waals surface area contributed by atoms with Gasteiger partial charge in [-0.05, 0) is 18.4 Å². The number of urea groups is 1. The Hall–Kier alpha value is -2.08. The van der Waals surface area contributed by atoms with Crippen molar-refractivity contribution in [2.75, 3.05) is 39.3 Å². The van der Waals surface area contributed by atoms with E-state index < -0.39 is 0 Å². The first kappa shape index (κ1) is 19.2. The number of piperazine rings is 1. The van der Waals surface area contributed by atoms with E-state index in [1.54, 1.807) is 0 Å². The zero-order valence-electron chi connectivity index (χ0n) is 15.5. The van der Waals surface area contributed by atoms with E-state index in [1.165, 1.54) is 0 Å². The zero-order chi connectivity index (χ0) is 18.2. The van der Waals surface area contributed by atoms with Gasteiger partial charge in [0.05, 0.1) is 12.6 Å². The van der Waals surface area contributed by atoms with Gasteiger partial charge in [-0.15, -0.1) is 0 Å². The summed E-state index contributed by atoms with van der Waals surface area (Å²) in [5.74, 6) is 0.356. The van der Waals surface area contributed by atoms with Crippen LogP contribution in [0.4, 0.5) is 4.79 Å². The molecule has 3 amide bonds. The third-order valence-corrected chi connectivity index (χ3v) is 4.50. The lowest BCUT2D eigenvalue weighted by molar-refractivity contribution is -0.122. The standard InChI is InChI=1S/C19H30N4O2/c1-4-20-17(24)14-22-10-12-23(13-11-22)19(25)21-18(15(2)3)16-8-6-5-7-9-16/h5-9,15,18H,4,10-14H2,1-3H3,(H,20,24)(H,21,25). The highest BCUT2D eigenvalue weighted by atomic mass is 16.2. The number of amides is 3. The number of carbonyl (C=O) groups excluding carboxylic acids is 2. The average molecular weight is 346 g/mol. The van der Waals surface area contributed by atoms with Gasteiger partial charge in [0.15, 0.2) is 0 Å². The largest absolute Gasteiger partial charge is 0.355 e. The van der Waals surface area contributed by atoms with Gasteiger partial charge in [0.2, 0.25) is 5.91 Å². The summed E-state index contributed by atoms with van der Waals surface area (Å²) in [6.07, 6.45) is 0. The number of benzene rings is 1. The Balaban J connectivity index is 1.86. The molecule has 0 radical (unpaired) electrons. The van der Waals surface area contributed by atoms with E-state index in [0.29, 0.717) is 32.1 Å². The topological polar surface area (TPSA) is 64.7 Å². The van der Waals surface area contributed by atoms with Crippen LogP contribution in [0, 0.1) is 5.92 Å². The van der Waals surface area contributed by atoms with Crippen LogP contribution >= 0.6 is 0 Å². The quantitative estimate of drug-likeness (QED) is 0.826. The molecular weight excluding hydrogens is 316 g/mol. The first-order valence-corrected chi connectivity index (χ1v) is 9.10. The summed E-state index contributed by atoms with van der Waals surface area (Å²) in [6, 6.07) is 10.1. The van der Waals surface area contributed by atoms with E-state index in [2.05, 4.69) is 41.5 Å². The van der Waals surface area contributed by atoms with E-state index >= 15 is 0 Å². The van der Waals surface area contributed by atoms with Crippen LogP contribution in [0.1, 0.15) is 32.4 Å². The van der Waals surface area contributed by atoms with E-state index in [4.69, 9.17) is 0 Å². The Morgan fingerprint density at radius 2 is 1.72 bits per heavy atom. The molecule has 1 aliphatic heterocycles. The first-order valence-electron chi connectivity index (χ1n) is 9.10.